The van der Waals surface area contributed by atoms with Crippen LogP contribution in [0, 0.1) is 4.77 Å². The molecule has 94 valence electrons. The maximum absolute atomic E-state index is 5.43. The summed E-state index contributed by atoms with van der Waals surface area (Å²) in [4.78, 5) is 5.87. The van der Waals surface area contributed by atoms with Crippen LogP contribution in [0.3, 0.4) is 0 Å². The Balaban J connectivity index is 1.84. The summed E-state index contributed by atoms with van der Waals surface area (Å²) in [7, 11) is 0. The van der Waals surface area contributed by atoms with E-state index >= 15 is 0 Å². The molecule has 0 spiro atoms. The maximum atomic E-state index is 5.43. The number of aryl methyl sites for hydroxylation is 1. The van der Waals surface area contributed by atoms with Gasteiger partial charge in [-0.2, -0.15) is 0 Å². The lowest BCUT2D eigenvalue weighted by Gasteiger charge is -2.36. The third-order valence-corrected chi connectivity index (χ3v) is 4.73. The Morgan fingerprint density at radius 2 is 2.24 bits per heavy atom. The molecule has 3 nitrogen and oxygen atoms in total. The molecule has 17 heavy (non-hydrogen) atoms. The van der Waals surface area contributed by atoms with E-state index in [1.807, 2.05) is 0 Å². The summed E-state index contributed by atoms with van der Waals surface area (Å²) in [5.41, 5.74) is 1.37. The molecule has 3 rings (SSSR count). The normalized spacial score (nSPS) is 29.5. The Kier molecular flexibility index (Phi) is 3.09. The molecule has 0 bridgehead atoms. The van der Waals surface area contributed by atoms with Gasteiger partial charge < -0.3 is 14.5 Å². The summed E-state index contributed by atoms with van der Waals surface area (Å²) in [6.07, 6.45) is 8.47. The zero-order valence-electron chi connectivity index (χ0n) is 10.5. The molecule has 2 fully saturated rings. The first-order chi connectivity index (χ1) is 8.29. The van der Waals surface area contributed by atoms with Crippen LogP contribution in [0.15, 0.2) is 6.20 Å². The number of nitrogens with one attached hydrogen (secondary N) is 1. The second kappa shape index (κ2) is 4.58. The minimum atomic E-state index is 0.628. The Morgan fingerprint density at radius 1 is 1.35 bits per heavy atom. The number of aromatic amines is 1. The highest BCUT2D eigenvalue weighted by molar-refractivity contribution is 7.71. The van der Waals surface area contributed by atoms with E-state index in [2.05, 4.69) is 27.6 Å². The second-order valence-corrected chi connectivity index (χ2v) is 5.71. The lowest BCUT2D eigenvalue weighted by Crippen LogP contribution is -2.39. The minimum absolute atomic E-state index is 0.628. The Morgan fingerprint density at radius 3 is 3.06 bits per heavy atom. The number of hydrogen-bond donors (Lipinski definition) is 1. The van der Waals surface area contributed by atoms with Crippen LogP contribution in [0.5, 0.6) is 0 Å². The van der Waals surface area contributed by atoms with Gasteiger partial charge in [0.15, 0.2) is 4.77 Å². The first-order valence-corrected chi connectivity index (χ1v) is 7.23. The van der Waals surface area contributed by atoms with E-state index < -0.39 is 0 Å². The molecule has 1 aromatic rings. The van der Waals surface area contributed by atoms with Crippen LogP contribution >= 0.6 is 12.2 Å². The predicted octanol–water partition coefficient (Wildman–Crippen LogP) is 2.91. The zero-order valence-corrected chi connectivity index (χ0v) is 11.3. The van der Waals surface area contributed by atoms with Crippen molar-refractivity contribution < 1.29 is 0 Å². The van der Waals surface area contributed by atoms with Crippen LogP contribution in [-0.4, -0.2) is 33.6 Å². The van der Waals surface area contributed by atoms with Crippen LogP contribution in [0.2, 0.25) is 0 Å². The van der Waals surface area contributed by atoms with Gasteiger partial charge in [-0.15, -0.1) is 0 Å². The van der Waals surface area contributed by atoms with E-state index in [-0.39, 0.29) is 0 Å². The third kappa shape index (κ3) is 1.97. The largest absolute Gasteiger partial charge is 0.337 e. The summed E-state index contributed by atoms with van der Waals surface area (Å²) in [5, 5.41) is 0. The number of imidazole rings is 1. The Labute approximate surface area is 108 Å². The highest BCUT2D eigenvalue weighted by Crippen LogP contribution is 2.33. The van der Waals surface area contributed by atoms with Crippen molar-refractivity contribution in [1.29, 1.82) is 0 Å². The van der Waals surface area contributed by atoms with E-state index in [0.717, 1.165) is 17.2 Å². The first-order valence-electron chi connectivity index (χ1n) is 6.82. The minimum Gasteiger partial charge on any atom is -0.337 e. The van der Waals surface area contributed by atoms with Gasteiger partial charge in [-0.05, 0) is 50.9 Å². The van der Waals surface area contributed by atoms with E-state index in [0.29, 0.717) is 6.04 Å². The number of aromatic nitrogens is 2. The number of nitrogens with zero attached hydrogens (tertiary/aromatic N) is 2. The second-order valence-electron chi connectivity index (χ2n) is 5.32. The van der Waals surface area contributed by atoms with E-state index in [4.69, 9.17) is 12.2 Å². The number of H-pyrrole nitrogens is 1. The van der Waals surface area contributed by atoms with Gasteiger partial charge in [0.05, 0.1) is 0 Å². The van der Waals surface area contributed by atoms with E-state index in [9.17, 15) is 0 Å². The van der Waals surface area contributed by atoms with Crippen LogP contribution < -0.4 is 0 Å². The molecule has 2 aliphatic heterocycles. The fourth-order valence-corrected chi connectivity index (χ4v) is 3.85. The molecular formula is C13H21N3S. The van der Waals surface area contributed by atoms with Crippen molar-refractivity contribution in [1.82, 2.24) is 14.5 Å². The molecule has 0 aliphatic carbocycles. The van der Waals surface area contributed by atoms with Crippen LogP contribution in [0.25, 0.3) is 0 Å². The summed E-state index contributed by atoms with van der Waals surface area (Å²) >= 11 is 5.43. The van der Waals surface area contributed by atoms with Gasteiger partial charge in [-0.25, -0.2) is 0 Å². The fourth-order valence-electron chi connectivity index (χ4n) is 3.53. The van der Waals surface area contributed by atoms with Gasteiger partial charge >= 0.3 is 0 Å². The van der Waals surface area contributed by atoms with Gasteiger partial charge in [-0.1, -0.05) is 6.92 Å². The van der Waals surface area contributed by atoms with Gasteiger partial charge in [0, 0.05) is 30.5 Å². The molecule has 2 saturated heterocycles. The lowest BCUT2D eigenvalue weighted by molar-refractivity contribution is 0.153. The molecule has 2 atom stereocenters. The fraction of sp³-hybridized carbons (Fsp3) is 0.769. The van der Waals surface area contributed by atoms with Crippen molar-refractivity contribution in [2.24, 2.45) is 0 Å². The van der Waals surface area contributed by atoms with Crippen molar-refractivity contribution >= 4 is 12.2 Å². The number of fused-ring (bicyclic) bond motifs is 1. The standard InChI is InChI=1S/C13H21N3S/c1-2-10-9-14-13(17)16(10)12-5-7-15-6-3-4-11(15)8-12/h9,11-12H,2-8H2,1H3,(H,14,17). The van der Waals surface area contributed by atoms with Gasteiger partial charge in [0.2, 0.25) is 0 Å². The number of rotatable bonds is 2. The first kappa shape index (κ1) is 11.5. The predicted molar refractivity (Wildman–Crippen MR) is 71.9 cm³/mol. The maximum Gasteiger partial charge on any atom is 0.177 e. The smallest absolute Gasteiger partial charge is 0.177 e. The zero-order chi connectivity index (χ0) is 11.8. The summed E-state index contributed by atoms with van der Waals surface area (Å²) in [6.45, 7) is 4.78. The van der Waals surface area contributed by atoms with Crippen molar-refractivity contribution in [2.75, 3.05) is 13.1 Å². The van der Waals surface area contributed by atoms with E-state index in [1.165, 1.54) is 44.5 Å². The van der Waals surface area contributed by atoms with Crippen molar-refractivity contribution in [3.05, 3.63) is 16.7 Å². The summed E-state index contributed by atoms with van der Waals surface area (Å²) < 4.78 is 3.30. The van der Waals surface area contributed by atoms with E-state index in [1.54, 1.807) is 0 Å². The molecule has 0 aromatic carbocycles. The molecule has 1 aromatic heterocycles. The average Bonchev–Trinajstić information content (AvgIpc) is 2.93. The lowest BCUT2D eigenvalue weighted by atomic mass is 9.97. The van der Waals surface area contributed by atoms with Gasteiger partial charge in [0.25, 0.3) is 0 Å². The highest BCUT2D eigenvalue weighted by atomic mass is 32.1. The third-order valence-electron chi connectivity index (χ3n) is 4.41. The summed E-state index contributed by atoms with van der Waals surface area (Å²) in [6, 6.07) is 1.44. The topological polar surface area (TPSA) is 24.0 Å². The Bertz CT molecular complexity index is 448. The van der Waals surface area contributed by atoms with Crippen molar-refractivity contribution in [3.63, 3.8) is 0 Å². The van der Waals surface area contributed by atoms with Gasteiger partial charge in [0.1, 0.15) is 0 Å². The molecule has 2 aliphatic rings. The molecule has 0 saturated carbocycles. The average molecular weight is 251 g/mol. The molecular weight excluding hydrogens is 230 g/mol. The van der Waals surface area contributed by atoms with Crippen LogP contribution in [0.4, 0.5) is 0 Å². The molecule has 0 amide bonds. The van der Waals surface area contributed by atoms with Crippen molar-refractivity contribution in [2.45, 2.75) is 51.1 Å². The quantitative estimate of drug-likeness (QED) is 0.817. The molecule has 0 radical (unpaired) electrons. The summed E-state index contributed by atoms with van der Waals surface area (Å²) in [5.74, 6) is 0. The molecule has 2 unspecified atom stereocenters. The van der Waals surface area contributed by atoms with Crippen LogP contribution in [0.1, 0.15) is 44.3 Å². The molecule has 1 N–H and O–H groups in total. The van der Waals surface area contributed by atoms with Gasteiger partial charge in [-0.3, -0.25) is 0 Å². The molecule has 4 heteroatoms. The number of piperidine rings is 1. The highest BCUT2D eigenvalue weighted by Gasteiger charge is 2.32. The van der Waals surface area contributed by atoms with Crippen molar-refractivity contribution in [3.8, 4) is 0 Å². The monoisotopic (exact) mass is 251 g/mol. The van der Waals surface area contributed by atoms with Crippen LogP contribution in [-0.2, 0) is 6.42 Å². The SMILES string of the molecule is CCc1c[nH]c(=S)n1C1CCN2CCCC2C1. The molecule has 3 heterocycles. The Hall–Kier alpha value is -0.610. The number of hydrogen-bond acceptors (Lipinski definition) is 2.